The van der Waals surface area contributed by atoms with Crippen LogP contribution in [0.5, 0.6) is 0 Å². The zero-order valence-corrected chi connectivity index (χ0v) is 23.7. The molecular weight excluding hydrogens is 669 g/mol. The normalized spacial score (nSPS) is 9.39. The fraction of sp³-hybridized carbons (Fsp3) is 0. The van der Waals surface area contributed by atoms with Gasteiger partial charge < -0.3 is 15.3 Å². The molecule has 0 bridgehead atoms. The summed E-state index contributed by atoms with van der Waals surface area (Å²) < 4.78 is 0. The Labute approximate surface area is 268 Å². The first-order chi connectivity index (χ1) is 20.8. The maximum Gasteiger partial charge on any atom is 0.342 e. The molecule has 0 heterocycles. The van der Waals surface area contributed by atoms with Gasteiger partial charge >= 0.3 is 17.9 Å². The quantitative estimate of drug-likeness (QED) is 0.214. The molecule has 0 saturated heterocycles. The number of non-ortho nitro benzene ring substituents is 3. The Balaban J connectivity index is 0.000000653. The first kappa shape index (κ1) is 39.3. The van der Waals surface area contributed by atoms with Crippen LogP contribution >= 0.6 is 0 Å². The molecule has 0 fully saturated rings. The van der Waals surface area contributed by atoms with Gasteiger partial charge in [0.1, 0.15) is 16.7 Å². The van der Waals surface area contributed by atoms with E-state index in [-0.39, 0.29) is 25.8 Å². The third-order valence-corrected chi connectivity index (χ3v) is 4.86. The summed E-state index contributed by atoms with van der Waals surface area (Å²) in [5, 5.41) is 87.8. The maximum absolute atomic E-state index is 10.5. The molecule has 3 aromatic rings. The number of hydrogen-bond acceptors (Lipinski definition) is 15. The first-order valence-corrected chi connectivity index (χ1v) is 10.8. The fourth-order valence-corrected chi connectivity index (χ4v) is 2.90. The smallest absolute Gasteiger partial charge is 0.342 e. The Hall–Kier alpha value is -6.66. The van der Waals surface area contributed by atoms with Gasteiger partial charge in [-0.05, 0) is 18.2 Å². The third-order valence-electron chi connectivity index (χ3n) is 4.86. The van der Waals surface area contributed by atoms with Crippen molar-refractivity contribution in [2.45, 2.75) is 0 Å². The zero-order chi connectivity index (χ0) is 34.8. The van der Waals surface area contributed by atoms with Gasteiger partial charge in [0.15, 0.2) is 0 Å². The molecule has 24 nitrogen and oxygen atoms in total. The minimum Gasteiger partial charge on any atom is -0.477 e. The van der Waals surface area contributed by atoms with E-state index in [0.717, 1.165) is 36.4 Å². The molecule has 0 aliphatic heterocycles. The number of hydrogen-bond donors (Lipinski definition) is 3. The Morgan fingerprint density at radius 3 is 0.739 bits per heavy atom. The van der Waals surface area contributed by atoms with Gasteiger partial charge in [-0.15, -0.1) is 0 Å². The van der Waals surface area contributed by atoms with E-state index in [1.807, 2.05) is 0 Å². The van der Waals surface area contributed by atoms with Crippen molar-refractivity contribution in [3.05, 3.63) is 132 Å². The van der Waals surface area contributed by atoms with Gasteiger partial charge in [-0.25, -0.2) is 14.4 Å². The van der Waals surface area contributed by atoms with E-state index in [1.54, 1.807) is 0 Å². The van der Waals surface area contributed by atoms with E-state index in [0.29, 0.717) is 18.2 Å². The van der Waals surface area contributed by atoms with Crippen molar-refractivity contribution in [3.63, 3.8) is 0 Å². The van der Waals surface area contributed by atoms with Crippen molar-refractivity contribution < 1.29 is 85.1 Å². The monoisotopic (exact) mass is 681 g/mol. The largest absolute Gasteiger partial charge is 0.477 e. The summed E-state index contributed by atoms with van der Waals surface area (Å²) >= 11 is 0. The number of nitro benzene ring substituents is 6. The van der Waals surface area contributed by atoms with E-state index < -0.39 is 98.3 Å². The number of nitrogens with zero attached hydrogens (tertiary/aromatic N) is 6. The van der Waals surface area contributed by atoms with Crippen LogP contribution in [0.4, 0.5) is 34.1 Å². The average molecular weight is 681 g/mol. The van der Waals surface area contributed by atoms with Crippen LogP contribution in [0.2, 0.25) is 0 Å². The number of carboxylic acid groups (broad SMARTS) is 3. The molecule has 46 heavy (non-hydrogen) atoms. The molecule has 0 aliphatic rings. The minimum atomic E-state index is -1.50. The van der Waals surface area contributed by atoms with Crippen LogP contribution in [0.15, 0.2) is 54.6 Å². The molecule has 0 unspecified atom stereocenters. The molecule has 3 aromatic carbocycles. The summed E-state index contributed by atoms with van der Waals surface area (Å²) in [4.78, 5) is 88.3. The number of aromatic carboxylic acids is 3. The van der Waals surface area contributed by atoms with Crippen LogP contribution in [0.3, 0.4) is 0 Å². The molecular formula is C21H12N6O18Sc. The number of carboxylic acids is 3. The summed E-state index contributed by atoms with van der Waals surface area (Å²) in [5.74, 6) is -4.51. The molecule has 0 spiro atoms. The maximum atomic E-state index is 10.5. The minimum absolute atomic E-state index is 0. The molecule has 237 valence electrons. The summed E-state index contributed by atoms with van der Waals surface area (Å²) in [6, 6.07) is 7.04. The Morgan fingerprint density at radius 2 is 0.609 bits per heavy atom. The molecule has 0 amide bonds. The van der Waals surface area contributed by atoms with Gasteiger partial charge in [0.05, 0.1) is 47.7 Å². The molecule has 25 heteroatoms. The van der Waals surface area contributed by atoms with E-state index >= 15 is 0 Å². The van der Waals surface area contributed by atoms with Crippen molar-refractivity contribution in [2.75, 3.05) is 0 Å². The van der Waals surface area contributed by atoms with Gasteiger partial charge in [-0.3, -0.25) is 60.7 Å². The van der Waals surface area contributed by atoms with Crippen molar-refractivity contribution >= 4 is 52.0 Å². The standard InChI is InChI=1S/3C7H4N2O6.Sc/c3*10-7(11)5-2-1-4(8(12)13)3-6(5)9(14)15;/h3*1-3H,(H,10,11);. The average Bonchev–Trinajstić information content (AvgIpc) is 2.96. The van der Waals surface area contributed by atoms with Gasteiger partial charge in [-0.2, -0.15) is 0 Å². The number of carbonyl (C=O) groups is 3. The number of rotatable bonds is 9. The SMILES string of the molecule is O=C(O)c1ccc([N+](=O)[O-])cc1[N+](=O)[O-].O=C(O)c1ccc([N+](=O)[O-])cc1[N+](=O)[O-].O=C(O)c1ccc([N+](=O)[O-])cc1[N+](=O)[O-].[Sc]. The molecule has 0 atom stereocenters. The van der Waals surface area contributed by atoms with Crippen LogP contribution in [0, 0.1) is 60.7 Å². The van der Waals surface area contributed by atoms with E-state index in [9.17, 15) is 75.1 Å². The zero-order valence-electron chi connectivity index (χ0n) is 21.9. The Bertz CT molecular complexity index is 1570. The van der Waals surface area contributed by atoms with Gasteiger partial charge in [0.2, 0.25) is 0 Å². The predicted molar refractivity (Wildman–Crippen MR) is 140 cm³/mol. The van der Waals surface area contributed by atoms with Crippen LogP contribution in [-0.4, -0.2) is 62.8 Å². The van der Waals surface area contributed by atoms with Crippen LogP contribution in [0.1, 0.15) is 31.1 Å². The summed E-state index contributed by atoms with van der Waals surface area (Å²) in [7, 11) is 0. The van der Waals surface area contributed by atoms with E-state index in [4.69, 9.17) is 15.3 Å². The van der Waals surface area contributed by atoms with Gasteiger partial charge in [0, 0.05) is 44.0 Å². The van der Waals surface area contributed by atoms with Crippen LogP contribution in [-0.2, 0) is 25.8 Å². The van der Waals surface area contributed by atoms with Crippen LogP contribution < -0.4 is 0 Å². The second-order valence-electron chi connectivity index (χ2n) is 7.56. The van der Waals surface area contributed by atoms with Crippen molar-refractivity contribution in [3.8, 4) is 0 Å². The van der Waals surface area contributed by atoms with Gasteiger partial charge in [-0.1, -0.05) is 0 Å². The van der Waals surface area contributed by atoms with Crippen LogP contribution in [0.25, 0.3) is 0 Å². The second-order valence-corrected chi connectivity index (χ2v) is 7.56. The molecule has 1 radical (unpaired) electrons. The first-order valence-electron chi connectivity index (χ1n) is 10.8. The topological polar surface area (TPSA) is 371 Å². The summed E-state index contributed by atoms with van der Waals surface area (Å²) in [5.41, 5.74) is -5.68. The van der Waals surface area contributed by atoms with Crippen molar-refractivity contribution in [1.29, 1.82) is 0 Å². The number of benzene rings is 3. The molecule has 0 aromatic heterocycles. The fourth-order valence-electron chi connectivity index (χ4n) is 2.90. The Kier molecular flexibility index (Phi) is 14.4. The van der Waals surface area contributed by atoms with Crippen molar-refractivity contribution in [1.82, 2.24) is 0 Å². The Morgan fingerprint density at radius 1 is 0.413 bits per heavy atom. The number of nitro groups is 6. The van der Waals surface area contributed by atoms with E-state index in [1.165, 1.54) is 0 Å². The third kappa shape index (κ3) is 10.6. The molecule has 0 aliphatic carbocycles. The van der Waals surface area contributed by atoms with Gasteiger partial charge in [0.25, 0.3) is 34.1 Å². The van der Waals surface area contributed by atoms with E-state index in [2.05, 4.69) is 0 Å². The second kappa shape index (κ2) is 16.8. The van der Waals surface area contributed by atoms with Crippen molar-refractivity contribution in [2.24, 2.45) is 0 Å². The summed E-state index contributed by atoms with van der Waals surface area (Å²) in [6.07, 6.45) is 0. The molecule has 3 rings (SSSR count). The summed E-state index contributed by atoms with van der Waals surface area (Å²) in [6.45, 7) is 0. The molecule has 3 N–H and O–H groups in total. The predicted octanol–water partition coefficient (Wildman–Crippen LogP) is 3.60. The molecule has 0 saturated carbocycles.